The first-order valence-corrected chi connectivity index (χ1v) is 10.9. The Morgan fingerprint density at radius 3 is 2.46 bits per heavy atom. The first-order valence-electron chi connectivity index (χ1n) is 10.9. The van der Waals surface area contributed by atoms with E-state index in [-0.39, 0.29) is 17.1 Å². The van der Waals surface area contributed by atoms with Crippen molar-refractivity contribution >= 4 is 34.9 Å². The third-order valence-corrected chi connectivity index (χ3v) is 5.84. The molecule has 1 aliphatic rings. The summed E-state index contributed by atoms with van der Waals surface area (Å²) >= 11 is 0. The zero-order valence-electron chi connectivity index (χ0n) is 18.9. The van der Waals surface area contributed by atoms with Crippen LogP contribution >= 0.6 is 0 Å². The summed E-state index contributed by atoms with van der Waals surface area (Å²) in [5.74, 6) is -2.41. The SMILES string of the molecule is COc1c(C(=O)O)ccc2c1c(C=Cc1ccc(F)cc1)nn2C(C(O)C(N)=O)N1CCOCC1. The maximum atomic E-state index is 13.3. The van der Waals surface area contributed by atoms with Crippen LogP contribution in [0.3, 0.4) is 0 Å². The number of rotatable bonds is 8. The lowest BCUT2D eigenvalue weighted by Crippen LogP contribution is -2.50. The van der Waals surface area contributed by atoms with Gasteiger partial charge in [0, 0.05) is 13.1 Å². The summed E-state index contributed by atoms with van der Waals surface area (Å²) in [5.41, 5.74) is 6.84. The van der Waals surface area contributed by atoms with Crippen molar-refractivity contribution in [1.29, 1.82) is 0 Å². The fourth-order valence-corrected chi connectivity index (χ4v) is 4.16. The summed E-state index contributed by atoms with van der Waals surface area (Å²) < 4.78 is 25.6. The van der Waals surface area contributed by atoms with Crippen LogP contribution in [0.15, 0.2) is 36.4 Å². The predicted octanol–water partition coefficient (Wildman–Crippen LogP) is 1.73. The number of hydrogen-bond acceptors (Lipinski definition) is 7. The minimum Gasteiger partial charge on any atom is -0.495 e. The van der Waals surface area contributed by atoms with Gasteiger partial charge in [0.05, 0.1) is 36.9 Å². The summed E-state index contributed by atoms with van der Waals surface area (Å²) in [6, 6.07) is 8.72. The zero-order chi connectivity index (χ0) is 25.1. The number of carboxylic acids is 1. The predicted molar refractivity (Wildman–Crippen MR) is 125 cm³/mol. The second-order valence-corrected chi connectivity index (χ2v) is 7.97. The summed E-state index contributed by atoms with van der Waals surface area (Å²) in [4.78, 5) is 25.7. The number of carbonyl (C=O) groups is 2. The molecule has 10 nitrogen and oxygen atoms in total. The van der Waals surface area contributed by atoms with Crippen molar-refractivity contribution in [3.05, 3.63) is 59.0 Å². The van der Waals surface area contributed by atoms with E-state index in [1.165, 1.54) is 30.0 Å². The lowest BCUT2D eigenvalue weighted by molar-refractivity contribution is -0.135. The molecule has 184 valence electrons. The van der Waals surface area contributed by atoms with Crippen LogP contribution in [0.2, 0.25) is 0 Å². The summed E-state index contributed by atoms with van der Waals surface area (Å²) in [6.45, 7) is 1.62. The number of morpholine rings is 1. The maximum Gasteiger partial charge on any atom is 0.339 e. The molecule has 1 amide bonds. The minimum absolute atomic E-state index is 0.0747. The van der Waals surface area contributed by atoms with E-state index in [4.69, 9.17) is 15.2 Å². The fraction of sp³-hybridized carbons (Fsp3) is 0.292. The van der Waals surface area contributed by atoms with Crippen molar-refractivity contribution in [1.82, 2.24) is 14.7 Å². The molecule has 2 atom stereocenters. The quantitative estimate of drug-likeness (QED) is 0.439. The molecule has 4 rings (SSSR count). The molecular weight excluding hydrogens is 459 g/mol. The molecule has 11 heteroatoms. The molecule has 2 unspecified atom stereocenters. The van der Waals surface area contributed by atoms with Crippen molar-refractivity contribution in [3.63, 3.8) is 0 Å². The van der Waals surface area contributed by atoms with Crippen LogP contribution in [0.4, 0.5) is 4.39 Å². The normalized spacial score (nSPS) is 16.4. The number of carboxylic acid groups (broad SMARTS) is 1. The van der Waals surface area contributed by atoms with E-state index >= 15 is 0 Å². The Morgan fingerprint density at radius 2 is 1.86 bits per heavy atom. The lowest BCUT2D eigenvalue weighted by atomic mass is 10.1. The Morgan fingerprint density at radius 1 is 1.17 bits per heavy atom. The molecule has 2 aromatic carbocycles. The molecule has 1 aliphatic heterocycles. The van der Waals surface area contributed by atoms with E-state index in [2.05, 4.69) is 5.10 Å². The van der Waals surface area contributed by atoms with Gasteiger partial charge in [0.15, 0.2) is 6.10 Å². The maximum absolute atomic E-state index is 13.3. The highest BCUT2D eigenvalue weighted by molar-refractivity contribution is 6.03. The number of methoxy groups -OCH3 is 1. The van der Waals surface area contributed by atoms with Crippen LogP contribution in [-0.4, -0.2) is 76.3 Å². The van der Waals surface area contributed by atoms with E-state index in [1.807, 2.05) is 4.90 Å². The van der Waals surface area contributed by atoms with Gasteiger partial charge >= 0.3 is 5.97 Å². The second kappa shape index (κ2) is 10.2. The van der Waals surface area contributed by atoms with Gasteiger partial charge in [0.2, 0.25) is 5.91 Å². The summed E-state index contributed by atoms with van der Waals surface area (Å²) in [7, 11) is 1.35. The number of nitrogens with zero attached hydrogens (tertiary/aromatic N) is 3. The largest absolute Gasteiger partial charge is 0.495 e. The smallest absolute Gasteiger partial charge is 0.339 e. The molecule has 0 aliphatic carbocycles. The number of primary amides is 1. The van der Waals surface area contributed by atoms with E-state index in [9.17, 15) is 24.2 Å². The van der Waals surface area contributed by atoms with Gasteiger partial charge in [-0.1, -0.05) is 18.2 Å². The Balaban J connectivity index is 1.93. The van der Waals surface area contributed by atoms with E-state index in [0.717, 1.165) is 0 Å². The number of nitrogens with two attached hydrogens (primary N) is 1. The average Bonchev–Trinajstić information content (AvgIpc) is 3.22. The third-order valence-electron chi connectivity index (χ3n) is 5.84. The number of carbonyl (C=O) groups excluding carboxylic acids is 1. The third kappa shape index (κ3) is 4.87. The van der Waals surface area contributed by atoms with Gasteiger partial charge in [-0.3, -0.25) is 9.69 Å². The number of aromatic carboxylic acids is 1. The molecule has 0 radical (unpaired) electrons. The molecule has 1 saturated heterocycles. The van der Waals surface area contributed by atoms with Crippen LogP contribution in [0.5, 0.6) is 5.75 Å². The van der Waals surface area contributed by atoms with Crippen molar-refractivity contribution in [2.75, 3.05) is 33.4 Å². The van der Waals surface area contributed by atoms with Gasteiger partial charge in [0.1, 0.15) is 23.3 Å². The Hall–Kier alpha value is -3.80. The zero-order valence-corrected chi connectivity index (χ0v) is 18.9. The van der Waals surface area contributed by atoms with Crippen LogP contribution < -0.4 is 10.5 Å². The van der Waals surface area contributed by atoms with Gasteiger partial charge in [-0.05, 0) is 35.9 Å². The monoisotopic (exact) mass is 484 g/mol. The molecule has 4 N–H and O–H groups in total. The number of aromatic nitrogens is 2. The molecule has 0 spiro atoms. The highest BCUT2D eigenvalue weighted by Gasteiger charge is 2.35. The molecular formula is C24H25FN4O6. The van der Waals surface area contributed by atoms with Gasteiger partial charge in [-0.2, -0.15) is 5.10 Å². The number of hydrogen-bond donors (Lipinski definition) is 3. The van der Waals surface area contributed by atoms with Crippen LogP contribution in [-0.2, 0) is 9.53 Å². The number of amides is 1. The van der Waals surface area contributed by atoms with Crippen LogP contribution in [0.1, 0.15) is 27.8 Å². The van der Waals surface area contributed by atoms with Crippen molar-refractivity contribution in [2.45, 2.75) is 12.3 Å². The van der Waals surface area contributed by atoms with Gasteiger partial charge in [-0.15, -0.1) is 0 Å². The Bertz CT molecular complexity index is 1270. The van der Waals surface area contributed by atoms with E-state index in [1.54, 1.807) is 30.4 Å². The van der Waals surface area contributed by atoms with Crippen LogP contribution in [0.25, 0.3) is 23.1 Å². The highest BCUT2D eigenvalue weighted by atomic mass is 19.1. The van der Waals surface area contributed by atoms with Crippen molar-refractivity contribution in [3.8, 4) is 5.75 Å². The molecule has 0 saturated carbocycles. The molecule has 1 fully saturated rings. The standard InChI is InChI=1S/C24H25FN4O6/c1-34-21-16(24(32)33)7-9-18-19(21)17(8-4-14-2-5-15(25)6-3-14)27-29(18)23(20(30)22(26)31)28-10-12-35-13-11-28/h2-9,20,23,30H,10-13H2,1H3,(H2,26,31)(H,32,33). The number of benzene rings is 2. The molecule has 1 aromatic heterocycles. The second-order valence-electron chi connectivity index (χ2n) is 7.97. The Labute approximate surface area is 200 Å². The van der Waals surface area contributed by atoms with Crippen LogP contribution in [0, 0.1) is 5.82 Å². The Kier molecular flexibility index (Phi) is 7.10. The van der Waals surface area contributed by atoms with Crippen molar-refractivity contribution in [2.24, 2.45) is 5.73 Å². The van der Waals surface area contributed by atoms with Gasteiger partial charge in [0.25, 0.3) is 0 Å². The first kappa shape index (κ1) is 24.3. The van der Waals surface area contributed by atoms with Gasteiger partial charge in [-0.25, -0.2) is 13.9 Å². The molecule has 3 aromatic rings. The number of fused-ring (bicyclic) bond motifs is 1. The first-order chi connectivity index (χ1) is 16.8. The lowest BCUT2D eigenvalue weighted by Gasteiger charge is -2.36. The van der Waals surface area contributed by atoms with Gasteiger partial charge < -0.3 is 25.4 Å². The molecule has 0 bridgehead atoms. The molecule has 2 heterocycles. The summed E-state index contributed by atoms with van der Waals surface area (Å²) in [6.07, 6.45) is 0.752. The number of aliphatic hydroxyl groups is 1. The van der Waals surface area contributed by atoms with E-state index < -0.39 is 24.1 Å². The fourth-order valence-electron chi connectivity index (χ4n) is 4.16. The van der Waals surface area contributed by atoms with E-state index in [0.29, 0.717) is 48.5 Å². The molecule has 35 heavy (non-hydrogen) atoms. The highest BCUT2D eigenvalue weighted by Crippen LogP contribution is 2.36. The number of aliphatic hydroxyl groups excluding tert-OH is 1. The topological polar surface area (TPSA) is 140 Å². The summed E-state index contributed by atoms with van der Waals surface area (Å²) in [5, 5.41) is 25.5. The number of halogens is 1. The van der Waals surface area contributed by atoms with Crippen molar-refractivity contribution < 1.29 is 33.7 Å². The minimum atomic E-state index is -1.60. The average molecular weight is 484 g/mol. The number of ether oxygens (including phenoxy) is 2.